The van der Waals surface area contributed by atoms with Crippen molar-refractivity contribution < 1.29 is 9.90 Å². The van der Waals surface area contributed by atoms with Gasteiger partial charge in [0.05, 0.1) is 0 Å². The Bertz CT molecular complexity index is 392. The quantitative estimate of drug-likeness (QED) is 0.788. The van der Waals surface area contributed by atoms with Gasteiger partial charge in [-0.25, -0.2) is 0 Å². The molecule has 3 nitrogen and oxygen atoms in total. The van der Waals surface area contributed by atoms with Crippen LogP contribution in [-0.2, 0) is 10.5 Å². The summed E-state index contributed by atoms with van der Waals surface area (Å²) in [6.45, 7) is 3.73. The second kappa shape index (κ2) is 6.06. The van der Waals surface area contributed by atoms with Crippen LogP contribution in [0.25, 0.3) is 0 Å². The summed E-state index contributed by atoms with van der Waals surface area (Å²) >= 11 is 3.82. The third kappa shape index (κ3) is 4.48. The molecule has 1 rings (SSSR count). The fourth-order valence-electron chi connectivity index (χ4n) is 1.24. The van der Waals surface area contributed by atoms with Crippen LogP contribution in [-0.4, -0.2) is 21.9 Å². The van der Waals surface area contributed by atoms with Crippen LogP contribution in [0, 0.1) is 3.57 Å². The maximum absolute atomic E-state index is 10.9. The summed E-state index contributed by atoms with van der Waals surface area (Å²) < 4.78 is 0.715. The van der Waals surface area contributed by atoms with Crippen LogP contribution < -0.4 is 5.73 Å². The summed E-state index contributed by atoms with van der Waals surface area (Å²) in [5.74, 6) is -0.185. The minimum Gasteiger partial charge on any atom is -0.480 e. The zero-order chi connectivity index (χ0) is 13.1. The molecule has 0 bridgehead atoms. The number of hydrogen-bond acceptors (Lipinski definition) is 3. The van der Waals surface area contributed by atoms with Gasteiger partial charge >= 0.3 is 5.97 Å². The number of rotatable bonds is 5. The van der Waals surface area contributed by atoms with Gasteiger partial charge in [0.2, 0.25) is 0 Å². The van der Waals surface area contributed by atoms with Crippen molar-refractivity contribution in [2.75, 3.05) is 0 Å². The molecule has 0 aliphatic heterocycles. The van der Waals surface area contributed by atoms with Crippen molar-refractivity contribution in [1.82, 2.24) is 0 Å². The van der Waals surface area contributed by atoms with E-state index in [1.807, 2.05) is 26.0 Å². The van der Waals surface area contributed by atoms with Crippen LogP contribution in [0.3, 0.4) is 0 Å². The van der Waals surface area contributed by atoms with Gasteiger partial charge in [0, 0.05) is 14.1 Å². The average molecular weight is 365 g/mol. The molecular weight excluding hydrogens is 349 g/mol. The van der Waals surface area contributed by atoms with Gasteiger partial charge < -0.3 is 10.8 Å². The van der Waals surface area contributed by atoms with Crippen LogP contribution >= 0.6 is 34.4 Å². The number of thioether (sulfide) groups is 1. The molecule has 1 aromatic rings. The molecule has 0 amide bonds. The predicted octanol–water partition coefficient (Wildman–Crippen LogP) is 2.71. The van der Waals surface area contributed by atoms with E-state index in [2.05, 4.69) is 34.7 Å². The Hall–Kier alpha value is -0.270. The van der Waals surface area contributed by atoms with E-state index in [1.165, 1.54) is 9.13 Å². The van der Waals surface area contributed by atoms with E-state index in [0.29, 0.717) is 0 Å². The third-order valence-corrected chi connectivity index (χ3v) is 4.73. The molecule has 0 heterocycles. The normalized spacial score (nSPS) is 13.4. The Morgan fingerprint density at radius 3 is 2.47 bits per heavy atom. The van der Waals surface area contributed by atoms with E-state index < -0.39 is 16.8 Å². The summed E-state index contributed by atoms with van der Waals surface area (Å²) in [6, 6.07) is 7.34. The smallest absolute Gasteiger partial charge is 0.321 e. The molecule has 0 fully saturated rings. The first-order chi connectivity index (χ1) is 7.83. The Labute approximate surface area is 119 Å². The highest BCUT2D eigenvalue weighted by Gasteiger charge is 2.32. The fourth-order valence-corrected chi connectivity index (χ4v) is 2.61. The first kappa shape index (κ1) is 14.8. The Morgan fingerprint density at radius 2 is 2.00 bits per heavy atom. The van der Waals surface area contributed by atoms with E-state index in [4.69, 9.17) is 10.8 Å². The van der Waals surface area contributed by atoms with Crippen LogP contribution in [0.15, 0.2) is 24.3 Å². The molecule has 0 spiro atoms. The predicted molar refractivity (Wildman–Crippen MR) is 80.1 cm³/mol. The zero-order valence-electron chi connectivity index (χ0n) is 9.81. The summed E-state index contributed by atoms with van der Waals surface area (Å²) in [6.07, 6.45) is 0. The first-order valence-electron chi connectivity index (χ1n) is 5.20. The number of hydrogen-bond donors (Lipinski definition) is 2. The highest BCUT2D eigenvalue weighted by atomic mass is 127. The minimum atomic E-state index is -0.954. The van der Waals surface area contributed by atoms with Crippen molar-refractivity contribution in [3.8, 4) is 0 Å². The first-order valence-corrected chi connectivity index (χ1v) is 7.26. The second-order valence-corrected chi connectivity index (χ2v) is 7.21. The van der Waals surface area contributed by atoms with Crippen molar-refractivity contribution in [2.45, 2.75) is 30.4 Å². The van der Waals surface area contributed by atoms with Crippen molar-refractivity contribution in [3.63, 3.8) is 0 Å². The molecule has 1 aromatic carbocycles. The van der Waals surface area contributed by atoms with Gasteiger partial charge in [-0.05, 0) is 54.1 Å². The van der Waals surface area contributed by atoms with Crippen LogP contribution in [0.2, 0.25) is 0 Å². The Balaban J connectivity index is 2.60. The fraction of sp³-hybridized carbons (Fsp3) is 0.417. The maximum Gasteiger partial charge on any atom is 0.321 e. The summed E-state index contributed by atoms with van der Waals surface area (Å²) in [5, 5.41) is 8.91. The lowest BCUT2D eigenvalue weighted by Gasteiger charge is -2.28. The van der Waals surface area contributed by atoms with Crippen molar-refractivity contribution in [1.29, 1.82) is 0 Å². The highest BCUT2D eigenvalue weighted by molar-refractivity contribution is 14.1. The minimum absolute atomic E-state index is 0.477. The maximum atomic E-state index is 10.9. The van der Waals surface area contributed by atoms with Crippen molar-refractivity contribution >= 4 is 40.3 Å². The van der Waals surface area contributed by atoms with Gasteiger partial charge in [-0.1, -0.05) is 12.1 Å². The second-order valence-electron chi connectivity index (χ2n) is 4.33. The van der Waals surface area contributed by atoms with Gasteiger partial charge in [0.1, 0.15) is 6.04 Å². The largest absolute Gasteiger partial charge is 0.480 e. The molecule has 0 saturated heterocycles. The number of carbonyl (C=O) groups is 1. The van der Waals surface area contributed by atoms with Crippen molar-refractivity contribution in [2.24, 2.45) is 5.73 Å². The molecule has 3 N–H and O–H groups in total. The van der Waals surface area contributed by atoms with Crippen LogP contribution in [0.5, 0.6) is 0 Å². The molecule has 5 heteroatoms. The van der Waals surface area contributed by atoms with Gasteiger partial charge in [-0.3, -0.25) is 4.79 Å². The van der Waals surface area contributed by atoms with E-state index >= 15 is 0 Å². The van der Waals surface area contributed by atoms with Gasteiger partial charge in [0.15, 0.2) is 0 Å². The molecule has 0 radical (unpaired) electrons. The molecule has 1 atom stereocenters. The van der Waals surface area contributed by atoms with Crippen LogP contribution in [0.4, 0.5) is 0 Å². The summed E-state index contributed by atoms with van der Waals surface area (Å²) in [5.41, 5.74) is 6.84. The van der Waals surface area contributed by atoms with Gasteiger partial charge in [-0.15, -0.1) is 11.8 Å². The number of benzene rings is 1. The molecule has 0 aliphatic carbocycles. The number of carboxylic acid groups (broad SMARTS) is 1. The molecule has 0 aromatic heterocycles. The number of halogens is 1. The van der Waals surface area contributed by atoms with Gasteiger partial charge in [-0.2, -0.15) is 0 Å². The highest BCUT2D eigenvalue weighted by Crippen LogP contribution is 2.30. The topological polar surface area (TPSA) is 63.3 Å². The monoisotopic (exact) mass is 365 g/mol. The van der Waals surface area contributed by atoms with E-state index in [1.54, 1.807) is 11.8 Å². The summed E-state index contributed by atoms with van der Waals surface area (Å²) in [7, 11) is 0. The van der Waals surface area contributed by atoms with E-state index in [0.717, 1.165) is 5.75 Å². The number of aliphatic carboxylic acids is 1. The molecular formula is C12H16INO2S. The lowest BCUT2D eigenvalue weighted by molar-refractivity contribution is -0.139. The van der Waals surface area contributed by atoms with E-state index in [-0.39, 0.29) is 0 Å². The van der Waals surface area contributed by atoms with Crippen molar-refractivity contribution in [3.05, 3.63) is 33.4 Å². The Kier molecular flexibility index (Phi) is 5.27. The molecule has 0 aliphatic rings. The lowest BCUT2D eigenvalue weighted by atomic mass is 10.1. The molecule has 17 heavy (non-hydrogen) atoms. The van der Waals surface area contributed by atoms with Crippen LogP contribution in [0.1, 0.15) is 19.4 Å². The van der Waals surface area contributed by atoms with E-state index in [9.17, 15) is 4.79 Å². The molecule has 94 valence electrons. The standard InChI is InChI=1S/C12H16INO2S/c1-12(2,10(14)11(15)16)17-7-8-3-5-9(13)6-4-8/h3-6,10H,7,14H2,1-2H3,(H,15,16)/t10-/m1/s1. The number of nitrogens with two attached hydrogens (primary N) is 1. The third-order valence-electron chi connectivity index (χ3n) is 2.54. The van der Waals surface area contributed by atoms with Gasteiger partial charge in [0.25, 0.3) is 0 Å². The summed E-state index contributed by atoms with van der Waals surface area (Å²) in [4.78, 5) is 10.9. The molecule has 0 unspecified atom stereocenters. The average Bonchev–Trinajstić information content (AvgIpc) is 2.27. The zero-order valence-corrected chi connectivity index (χ0v) is 12.8. The number of carboxylic acids is 1. The molecule has 0 saturated carbocycles. The SMILES string of the molecule is CC(C)(SCc1ccc(I)cc1)[C@H](N)C(=O)O. The lowest BCUT2D eigenvalue weighted by Crippen LogP contribution is -2.46. The Morgan fingerprint density at radius 1 is 1.47 bits per heavy atom.